The van der Waals surface area contributed by atoms with Gasteiger partial charge in [0.25, 0.3) is 0 Å². The molecule has 0 spiro atoms. The van der Waals surface area contributed by atoms with Crippen LogP contribution in [0.15, 0.2) is 24.3 Å². The molecule has 0 aliphatic heterocycles. The Hall–Kier alpha value is -0.300. The van der Waals surface area contributed by atoms with E-state index in [1.165, 1.54) is 10.6 Å². The van der Waals surface area contributed by atoms with Crippen molar-refractivity contribution in [3.63, 3.8) is 0 Å². The van der Waals surface area contributed by atoms with Crippen molar-refractivity contribution in [2.45, 2.75) is 6.92 Å². The molecule has 0 amide bonds. The third-order valence-electron chi connectivity index (χ3n) is 1.81. The number of halogens is 1. The molecule has 0 unspecified atom stereocenters. The van der Waals surface area contributed by atoms with Gasteiger partial charge in [0.15, 0.2) is 0 Å². The minimum atomic E-state index is -3.16. The molecule has 1 aromatic carbocycles. The molecule has 0 heterocycles. The van der Waals surface area contributed by atoms with Crippen LogP contribution in [0, 0.1) is 3.57 Å². The molecule has 0 saturated carbocycles. The average molecular weight is 325 g/mol. The summed E-state index contributed by atoms with van der Waals surface area (Å²) in [5.74, 6) is 0. The second kappa shape index (κ2) is 4.48. The lowest BCUT2D eigenvalue weighted by molar-refractivity contribution is 0.597. The van der Waals surface area contributed by atoms with E-state index in [0.717, 1.165) is 9.26 Å². The van der Waals surface area contributed by atoms with E-state index in [4.69, 9.17) is 0 Å². The molecule has 1 rings (SSSR count). The SMILES string of the molecule is CCN(c1ccccc1I)S(C)(=O)=O. The fourth-order valence-electron chi connectivity index (χ4n) is 1.24. The van der Waals surface area contributed by atoms with E-state index < -0.39 is 10.0 Å². The highest BCUT2D eigenvalue weighted by Gasteiger charge is 2.16. The molecule has 3 nitrogen and oxygen atoms in total. The Labute approximate surface area is 98.3 Å². The van der Waals surface area contributed by atoms with E-state index >= 15 is 0 Å². The van der Waals surface area contributed by atoms with E-state index in [9.17, 15) is 8.42 Å². The highest BCUT2D eigenvalue weighted by Crippen LogP contribution is 2.23. The van der Waals surface area contributed by atoms with Crippen LogP contribution in [0.4, 0.5) is 5.69 Å². The van der Waals surface area contributed by atoms with Crippen LogP contribution in [0.5, 0.6) is 0 Å². The summed E-state index contributed by atoms with van der Waals surface area (Å²) in [4.78, 5) is 0. The van der Waals surface area contributed by atoms with E-state index in [1.807, 2.05) is 31.2 Å². The van der Waals surface area contributed by atoms with E-state index in [0.29, 0.717) is 6.54 Å². The molecule has 0 atom stereocenters. The second-order valence-electron chi connectivity index (χ2n) is 2.88. The fraction of sp³-hybridized carbons (Fsp3) is 0.333. The van der Waals surface area contributed by atoms with Gasteiger partial charge in [0.05, 0.1) is 11.9 Å². The summed E-state index contributed by atoms with van der Waals surface area (Å²) in [7, 11) is -3.16. The van der Waals surface area contributed by atoms with Gasteiger partial charge in [0, 0.05) is 10.1 Å². The van der Waals surface area contributed by atoms with Crippen LogP contribution in [-0.2, 0) is 10.0 Å². The molecule has 0 bridgehead atoms. The van der Waals surface area contributed by atoms with Crippen molar-refractivity contribution in [3.05, 3.63) is 27.8 Å². The minimum Gasteiger partial charge on any atom is -0.270 e. The van der Waals surface area contributed by atoms with Gasteiger partial charge >= 0.3 is 0 Å². The van der Waals surface area contributed by atoms with Gasteiger partial charge in [-0.15, -0.1) is 0 Å². The molecule has 0 aliphatic carbocycles. The van der Waals surface area contributed by atoms with Crippen LogP contribution >= 0.6 is 22.6 Å². The Balaban J connectivity index is 3.21. The van der Waals surface area contributed by atoms with Gasteiger partial charge in [-0.05, 0) is 41.6 Å². The maximum atomic E-state index is 11.4. The topological polar surface area (TPSA) is 37.4 Å². The van der Waals surface area contributed by atoms with Crippen molar-refractivity contribution in [1.82, 2.24) is 0 Å². The first-order chi connectivity index (χ1) is 6.46. The number of benzene rings is 1. The summed E-state index contributed by atoms with van der Waals surface area (Å²) in [5, 5.41) is 0. The van der Waals surface area contributed by atoms with Gasteiger partial charge in [-0.25, -0.2) is 8.42 Å². The van der Waals surface area contributed by atoms with Gasteiger partial charge < -0.3 is 0 Å². The molecular formula is C9H12INO2S. The Morgan fingerprint density at radius 1 is 1.36 bits per heavy atom. The minimum absolute atomic E-state index is 0.457. The lowest BCUT2D eigenvalue weighted by Crippen LogP contribution is -2.30. The van der Waals surface area contributed by atoms with Crippen LogP contribution in [0.25, 0.3) is 0 Å². The normalized spacial score (nSPS) is 11.4. The molecule has 0 aromatic heterocycles. The molecule has 1 aromatic rings. The smallest absolute Gasteiger partial charge is 0.232 e. The number of rotatable bonds is 3. The number of anilines is 1. The maximum absolute atomic E-state index is 11.4. The first-order valence-corrected chi connectivity index (χ1v) is 7.11. The van der Waals surface area contributed by atoms with Crippen molar-refractivity contribution < 1.29 is 8.42 Å². The van der Waals surface area contributed by atoms with Gasteiger partial charge in [-0.1, -0.05) is 12.1 Å². The molecule has 0 N–H and O–H groups in total. The molecule has 0 saturated heterocycles. The van der Waals surface area contributed by atoms with Crippen LogP contribution in [0.3, 0.4) is 0 Å². The molecule has 14 heavy (non-hydrogen) atoms. The number of para-hydroxylation sites is 1. The van der Waals surface area contributed by atoms with E-state index in [1.54, 1.807) is 0 Å². The Bertz CT molecular complexity index is 417. The summed E-state index contributed by atoms with van der Waals surface area (Å²) in [6.07, 6.45) is 1.22. The Kier molecular flexibility index (Phi) is 3.77. The first-order valence-electron chi connectivity index (χ1n) is 4.19. The van der Waals surface area contributed by atoms with E-state index in [-0.39, 0.29) is 0 Å². The van der Waals surface area contributed by atoms with Crippen molar-refractivity contribution in [2.75, 3.05) is 17.1 Å². The zero-order valence-corrected chi connectivity index (χ0v) is 11.0. The molecule has 78 valence electrons. The van der Waals surface area contributed by atoms with Gasteiger partial charge in [0.1, 0.15) is 0 Å². The molecule has 0 radical (unpaired) electrons. The average Bonchev–Trinajstić information content (AvgIpc) is 2.07. The van der Waals surface area contributed by atoms with Crippen LogP contribution in [0.2, 0.25) is 0 Å². The number of sulfonamides is 1. The second-order valence-corrected chi connectivity index (χ2v) is 5.95. The summed E-state index contributed by atoms with van der Waals surface area (Å²) < 4.78 is 25.2. The third-order valence-corrected chi connectivity index (χ3v) is 3.98. The van der Waals surface area contributed by atoms with Gasteiger partial charge in [-0.2, -0.15) is 0 Å². The monoisotopic (exact) mass is 325 g/mol. The standard InChI is InChI=1S/C9H12INO2S/c1-3-11(14(2,12)13)9-7-5-4-6-8(9)10/h4-7H,3H2,1-2H3. The summed E-state index contributed by atoms with van der Waals surface area (Å²) in [6, 6.07) is 7.43. The van der Waals surface area contributed by atoms with Crippen molar-refractivity contribution >= 4 is 38.3 Å². The van der Waals surface area contributed by atoms with Crippen molar-refractivity contribution in [1.29, 1.82) is 0 Å². The van der Waals surface area contributed by atoms with Crippen LogP contribution in [0.1, 0.15) is 6.92 Å². The number of hydrogen-bond acceptors (Lipinski definition) is 2. The quantitative estimate of drug-likeness (QED) is 0.798. The lowest BCUT2D eigenvalue weighted by atomic mass is 10.3. The lowest BCUT2D eigenvalue weighted by Gasteiger charge is -2.21. The zero-order chi connectivity index (χ0) is 10.8. The van der Waals surface area contributed by atoms with Gasteiger partial charge in [-0.3, -0.25) is 4.31 Å². The first kappa shape index (κ1) is 11.8. The number of hydrogen-bond donors (Lipinski definition) is 0. The maximum Gasteiger partial charge on any atom is 0.232 e. The highest BCUT2D eigenvalue weighted by molar-refractivity contribution is 14.1. The molecule has 0 aliphatic rings. The third kappa shape index (κ3) is 2.60. The van der Waals surface area contributed by atoms with Crippen molar-refractivity contribution in [2.24, 2.45) is 0 Å². The predicted octanol–water partition coefficient (Wildman–Crippen LogP) is 2.08. The van der Waals surface area contributed by atoms with Crippen molar-refractivity contribution in [3.8, 4) is 0 Å². The predicted molar refractivity (Wildman–Crippen MR) is 67.0 cm³/mol. The van der Waals surface area contributed by atoms with E-state index in [2.05, 4.69) is 22.6 Å². The highest BCUT2D eigenvalue weighted by atomic mass is 127. The Morgan fingerprint density at radius 3 is 2.36 bits per heavy atom. The zero-order valence-electron chi connectivity index (χ0n) is 8.07. The molecule has 5 heteroatoms. The number of nitrogens with zero attached hydrogens (tertiary/aromatic N) is 1. The molecule has 0 fully saturated rings. The molecular weight excluding hydrogens is 313 g/mol. The van der Waals surface area contributed by atoms with Gasteiger partial charge in [0.2, 0.25) is 10.0 Å². The summed E-state index contributed by atoms with van der Waals surface area (Å²) >= 11 is 2.13. The Morgan fingerprint density at radius 2 is 1.93 bits per heavy atom. The summed E-state index contributed by atoms with van der Waals surface area (Å²) in [5.41, 5.74) is 0.748. The fourth-order valence-corrected chi connectivity index (χ4v) is 3.07. The van der Waals surface area contributed by atoms with Crippen LogP contribution in [-0.4, -0.2) is 21.2 Å². The van der Waals surface area contributed by atoms with Crippen LogP contribution < -0.4 is 4.31 Å². The summed E-state index contributed by atoms with van der Waals surface area (Å²) in [6.45, 7) is 2.28. The largest absolute Gasteiger partial charge is 0.270 e.